The molecule has 0 aromatic heterocycles. The molecule has 0 spiro atoms. The molecule has 2 aromatic carbocycles. The summed E-state index contributed by atoms with van der Waals surface area (Å²) in [4.78, 5) is 11.8. The summed E-state index contributed by atoms with van der Waals surface area (Å²) >= 11 is 15.2. The average molecular weight is 371 g/mol. The second-order valence-electron chi connectivity index (χ2n) is 4.00. The van der Waals surface area contributed by atoms with Gasteiger partial charge in [0.25, 0.3) is 0 Å². The molecule has 0 unspecified atom stereocenters. The lowest BCUT2D eigenvalue weighted by molar-refractivity contribution is -0.111. The lowest BCUT2D eigenvalue weighted by Gasteiger charge is -2.05. The summed E-state index contributed by atoms with van der Waals surface area (Å²) in [6.45, 7) is 0. The first-order valence-corrected chi connectivity index (χ1v) is 7.29. The van der Waals surface area contributed by atoms with Gasteiger partial charge in [-0.15, -0.1) is 0 Å². The Kier molecular flexibility index (Phi) is 5.24. The first kappa shape index (κ1) is 15.1. The second kappa shape index (κ2) is 6.93. The van der Waals surface area contributed by atoms with Gasteiger partial charge in [-0.3, -0.25) is 4.79 Å². The number of anilines is 1. The Hall–Kier alpha value is -1.29. The Labute approximate surface area is 135 Å². The van der Waals surface area contributed by atoms with Gasteiger partial charge in [0.1, 0.15) is 0 Å². The third-order valence-electron chi connectivity index (χ3n) is 2.46. The van der Waals surface area contributed by atoms with Gasteiger partial charge in [-0.05, 0) is 42.0 Å². The number of hydrogen-bond donors (Lipinski definition) is 1. The number of nitrogens with one attached hydrogen (secondary N) is 1. The Bertz CT molecular complexity index is 671. The van der Waals surface area contributed by atoms with E-state index in [0.717, 1.165) is 10.0 Å². The molecule has 20 heavy (non-hydrogen) atoms. The summed E-state index contributed by atoms with van der Waals surface area (Å²) in [6, 6.07) is 12.5. The molecule has 0 saturated heterocycles. The van der Waals surface area contributed by atoms with Crippen molar-refractivity contribution in [3.8, 4) is 0 Å². The average Bonchev–Trinajstić information content (AvgIpc) is 2.40. The first-order valence-electron chi connectivity index (χ1n) is 5.74. The fraction of sp³-hybridized carbons (Fsp3) is 0. The molecule has 0 saturated carbocycles. The molecule has 0 atom stereocenters. The summed E-state index contributed by atoms with van der Waals surface area (Å²) in [6.07, 6.45) is 3.12. The monoisotopic (exact) mass is 369 g/mol. The van der Waals surface area contributed by atoms with Crippen molar-refractivity contribution < 1.29 is 4.79 Å². The summed E-state index contributed by atoms with van der Waals surface area (Å²) in [5.74, 6) is -0.255. The zero-order valence-corrected chi connectivity index (χ0v) is 13.3. The van der Waals surface area contributed by atoms with E-state index in [1.165, 1.54) is 6.08 Å². The van der Waals surface area contributed by atoms with Crippen LogP contribution in [0.15, 0.2) is 53.0 Å². The molecule has 0 radical (unpaired) electrons. The molecule has 1 N–H and O–H groups in total. The molecule has 5 heteroatoms. The number of rotatable bonds is 3. The van der Waals surface area contributed by atoms with Crippen molar-refractivity contribution >= 4 is 56.8 Å². The lowest BCUT2D eigenvalue weighted by Crippen LogP contribution is -2.08. The second-order valence-corrected chi connectivity index (χ2v) is 5.76. The van der Waals surface area contributed by atoms with Crippen molar-refractivity contribution in [3.05, 3.63) is 68.6 Å². The van der Waals surface area contributed by atoms with E-state index in [0.29, 0.717) is 15.7 Å². The fourth-order valence-corrected chi connectivity index (χ4v) is 2.47. The number of halogens is 3. The molecular formula is C15H10BrCl2NO. The van der Waals surface area contributed by atoms with Crippen LogP contribution in [0.1, 0.15) is 5.56 Å². The van der Waals surface area contributed by atoms with Crippen molar-refractivity contribution in [1.29, 1.82) is 0 Å². The van der Waals surface area contributed by atoms with Crippen molar-refractivity contribution in [3.63, 3.8) is 0 Å². The maximum absolute atomic E-state index is 11.8. The van der Waals surface area contributed by atoms with E-state index in [2.05, 4.69) is 21.2 Å². The molecule has 0 fully saturated rings. The van der Waals surface area contributed by atoms with Gasteiger partial charge in [0.2, 0.25) is 5.91 Å². The van der Waals surface area contributed by atoms with Crippen LogP contribution < -0.4 is 5.32 Å². The third-order valence-corrected chi connectivity index (χ3v) is 3.51. The first-order chi connectivity index (χ1) is 9.54. The van der Waals surface area contributed by atoms with Gasteiger partial charge in [0.05, 0.1) is 10.7 Å². The van der Waals surface area contributed by atoms with E-state index in [1.807, 2.05) is 18.2 Å². The Morgan fingerprint density at radius 1 is 1.15 bits per heavy atom. The smallest absolute Gasteiger partial charge is 0.248 e. The molecule has 0 aliphatic heterocycles. The number of carbonyl (C=O) groups is 1. The standard InChI is InChI=1S/C15H10BrCl2NO/c16-11-5-6-14(13(18)9-11)19-15(20)7-4-10-2-1-3-12(17)8-10/h1-9H,(H,19,20)/b7-4+. The Morgan fingerprint density at radius 2 is 1.95 bits per heavy atom. The predicted octanol–water partition coefficient (Wildman–Crippen LogP) is 5.41. The topological polar surface area (TPSA) is 29.1 Å². The van der Waals surface area contributed by atoms with Crippen LogP contribution >= 0.6 is 39.1 Å². The number of carbonyl (C=O) groups excluding carboxylic acids is 1. The molecule has 2 nitrogen and oxygen atoms in total. The number of hydrogen-bond acceptors (Lipinski definition) is 1. The van der Waals surface area contributed by atoms with Crippen LogP contribution in [0.25, 0.3) is 6.08 Å². The van der Waals surface area contributed by atoms with Crippen molar-refractivity contribution in [2.45, 2.75) is 0 Å². The van der Waals surface area contributed by atoms with Gasteiger partial charge < -0.3 is 5.32 Å². The number of amides is 1. The largest absolute Gasteiger partial charge is 0.321 e. The van der Waals surface area contributed by atoms with Gasteiger partial charge in [0.15, 0.2) is 0 Å². The molecular weight excluding hydrogens is 361 g/mol. The van der Waals surface area contributed by atoms with Crippen molar-refractivity contribution in [2.24, 2.45) is 0 Å². The number of benzene rings is 2. The highest BCUT2D eigenvalue weighted by molar-refractivity contribution is 9.10. The van der Waals surface area contributed by atoms with E-state index < -0.39 is 0 Å². The minimum absolute atomic E-state index is 0.255. The Balaban J connectivity index is 2.05. The van der Waals surface area contributed by atoms with E-state index in [1.54, 1.807) is 30.3 Å². The zero-order chi connectivity index (χ0) is 14.5. The van der Waals surface area contributed by atoms with Crippen LogP contribution in [0.3, 0.4) is 0 Å². The van der Waals surface area contributed by atoms with Crippen LogP contribution in [0.4, 0.5) is 5.69 Å². The van der Waals surface area contributed by atoms with E-state index >= 15 is 0 Å². The van der Waals surface area contributed by atoms with Crippen LogP contribution in [0, 0.1) is 0 Å². The third kappa shape index (κ3) is 4.37. The van der Waals surface area contributed by atoms with Gasteiger partial charge in [-0.1, -0.05) is 51.3 Å². The fourth-order valence-electron chi connectivity index (χ4n) is 1.55. The summed E-state index contributed by atoms with van der Waals surface area (Å²) in [5, 5.41) is 3.81. The van der Waals surface area contributed by atoms with Crippen molar-refractivity contribution in [2.75, 3.05) is 5.32 Å². The normalized spacial score (nSPS) is 10.8. The molecule has 0 heterocycles. The van der Waals surface area contributed by atoms with Crippen LogP contribution in [-0.4, -0.2) is 5.91 Å². The SMILES string of the molecule is O=C(/C=C/c1cccc(Cl)c1)Nc1ccc(Br)cc1Cl. The van der Waals surface area contributed by atoms with E-state index in [9.17, 15) is 4.79 Å². The van der Waals surface area contributed by atoms with Gasteiger partial charge >= 0.3 is 0 Å². The summed E-state index contributed by atoms with van der Waals surface area (Å²) in [5.41, 5.74) is 1.42. The maximum atomic E-state index is 11.8. The zero-order valence-electron chi connectivity index (χ0n) is 10.2. The highest BCUT2D eigenvalue weighted by atomic mass is 79.9. The molecule has 0 aliphatic rings. The molecule has 2 rings (SSSR count). The van der Waals surface area contributed by atoms with Crippen LogP contribution in [-0.2, 0) is 4.79 Å². The molecule has 2 aromatic rings. The molecule has 0 aliphatic carbocycles. The molecule has 0 bridgehead atoms. The van der Waals surface area contributed by atoms with Gasteiger partial charge in [-0.2, -0.15) is 0 Å². The van der Waals surface area contributed by atoms with Gasteiger partial charge in [0, 0.05) is 15.6 Å². The van der Waals surface area contributed by atoms with Crippen LogP contribution in [0.5, 0.6) is 0 Å². The molecule has 102 valence electrons. The maximum Gasteiger partial charge on any atom is 0.248 e. The quantitative estimate of drug-likeness (QED) is 0.719. The molecule has 1 amide bonds. The van der Waals surface area contributed by atoms with E-state index in [-0.39, 0.29) is 5.91 Å². The summed E-state index contributed by atoms with van der Waals surface area (Å²) < 4.78 is 0.856. The minimum atomic E-state index is -0.255. The predicted molar refractivity (Wildman–Crippen MR) is 88.3 cm³/mol. The Morgan fingerprint density at radius 3 is 2.65 bits per heavy atom. The van der Waals surface area contributed by atoms with Crippen molar-refractivity contribution in [1.82, 2.24) is 0 Å². The van der Waals surface area contributed by atoms with Crippen LogP contribution in [0.2, 0.25) is 10.0 Å². The lowest BCUT2D eigenvalue weighted by atomic mass is 10.2. The highest BCUT2D eigenvalue weighted by Gasteiger charge is 2.03. The highest BCUT2D eigenvalue weighted by Crippen LogP contribution is 2.25. The minimum Gasteiger partial charge on any atom is -0.321 e. The van der Waals surface area contributed by atoms with E-state index in [4.69, 9.17) is 23.2 Å². The van der Waals surface area contributed by atoms with Gasteiger partial charge in [-0.25, -0.2) is 0 Å². The summed E-state index contributed by atoms with van der Waals surface area (Å²) in [7, 11) is 0.